The number of hydrogen-bond acceptors (Lipinski definition) is 7. The molecule has 12 heteroatoms. The molecule has 3 aromatic rings. The molecule has 1 atom stereocenters. The van der Waals surface area contributed by atoms with Gasteiger partial charge in [0.25, 0.3) is 0 Å². The van der Waals surface area contributed by atoms with Crippen LogP contribution in [-0.2, 0) is 10.9 Å². The summed E-state index contributed by atoms with van der Waals surface area (Å²) in [6.07, 6.45) is -2.53. The zero-order chi connectivity index (χ0) is 22.7. The van der Waals surface area contributed by atoms with E-state index in [-0.39, 0.29) is 11.8 Å². The van der Waals surface area contributed by atoms with Gasteiger partial charge in [0, 0.05) is 36.4 Å². The maximum Gasteiger partial charge on any atom is 0.433 e. The Kier molecular flexibility index (Phi) is 6.42. The maximum atomic E-state index is 12.9. The molecule has 1 aliphatic rings. The SMILES string of the molecule is CCNC(=O)Nc1nc2cc(-c3ccc(C(F)(F)F)nc3)c(OCC3CCOC3)nc2s1. The van der Waals surface area contributed by atoms with Crippen molar-refractivity contribution < 1.29 is 27.4 Å². The van der Waals surface area contributed by atoms with Gasteiger partial charge < -0.3 is 14.8 Å². The van der Waals surface area contributed by atoms with Crippen LogP contribution in [-0.4, -0.2) is 47.3 Å². The zero-order valence-corrected chi connectivity index (χ0v) is 17.8. The van der Waals surface area contributed by atoms with Gasteiger partial charge in [0.15, 0.2) is 5.13 Å². The predicted octanol–water partition coefficient (Wildman–Crippen LogP) is 4.33. The third-order valence-electron chi connectivity index (χ3n) is 4.75. The van der Waals surface area contributed by atoms with Crippen molar-refractivity contribution in [2.24, 2.45) is 5.92 Å². The number of aromatic nitrogens is 3. The van der Waals surface area contributed by atoms with E-state index in [2.05, 4.69) is 25.6 Å². The molecule has 4 rings (SSSR count). The molecule has 3 aromatic heterocycles. The number of thiazole rings is 1. The van der Waals surface area contributed by atoms with E-state index in [0.29, 0.717) is 53.0 Å². The van der Waals surface area contributed by atoms with Crippen LogP contribution in [0.1, 0.15) is 19.0 Å². The average molecular weight is 467 g/mol. The number of carbonyl (C=O) groups is 1. The fourth-order valence-corrected chi connectivity index (χ4v) is 3.96. The molecular formula is C20H20F3N5O3S. The maximum absolute atomic E-state index is 12.9. The Morgan fingerprint density at radius 1 is 1.34 bits per heavy atom. The summed E-state index contributed by atoms with van der Waals surface area (Å²) >= 11 is 1.17. The highest BCUT2D eigenvalue weighted by molar-refractivity contribution is 7.22. The van der Waals surface area contributed by atoms with Crippen molar-refractivity contribution in [3.63, 3.8) is 0 Å². The van der Waals surface area contributed by atoms with Crippen molar-refractivity contribution in [1.29, 1.82) is 0 Å². The summed E-state index contributed by atoms with van der Waals surface area (Å²) in [6.45, 7) is 3.87. The second-order valence-electron chi connectivity index (χ2n) is 7.14. The van der Waals surface area contributed by atoms with E-state index < -0.39 is 17.9 Å². The molecule has 170 valence electrons. The highest BCUT2D eigenvalue weighted by Crippen LogP contribution is 2.36. The largest absolute Gasteiger partial charge is 0.477 e. The quantitative estimate of drug-likeness (QED) is 0.560. The molecule has 0 spiro atoms. The Morgan fingerprint density at radius 3 is 2.84 bits per heavy atom. The predicted molar refractivity (Wildman–Crippen MR) is 113 cm³/mol. The van der Waals surface area contributed by atoms with Crippen molar-refractivity contribution in [2.75, 3.05) is 31.7 Å². The van der Waals surface area contributed by atoms with Crippen LogP contribution in [0.15, 0.2) is 24.4 Å². The minimum atomic E-state index is -4.53. The van der Waals surface area contributed by atoms with Crippen molar-refractivity contribution in [1.82, 2.24) is 20.3 Å². The van der Waals surface area contributed by atoms with E-state index in [4.69, 9.17) is 9.47 Å². The lowest BCUT2D eigenvalue weighted by Gasteiger charge is -2.13. The molecule has 0 aromatic carbocycles. The summed E-state index contributed by atoms with van der Waals surface area (Å²) in [5.74, 6) is 0.474. The Bertz CT molecular complexity index is 1100. The number of fused-ring (bicyclic) bond motifs is 1. The van der Waals surface area contributed by atoms with Crippen LogP contribution in [0.4, 0.5) is 23.1 Å². The lowest BCUT2D eigenvalue weighted by Crippen LogP contribution is -2.28. The van der Waals surface area contributed by atoms with Gasteiger partial charge in [0.2, 0.25) is 5.88 Å². The summed E-state index contributed by atoms with van der Waals surface area (Å²) in [5.41, 5.74) is 0.375. The molecule has 0 radical (unpaired) electrons. The van der Waals surface area contributed by atoms with Crippen LogP contribution in [0.2, 0.25) is 0 Å². The first kappa shape index (κ1) is 22.2. The zero-order valence-electron chi connectivity index (χ0n) is 17.0. The standard InChI is InChI=1S/C20H20F3N5O3S/c1-2-24-18(29)28-19-26-14-7-13(12-3-4-15(25-8-12)20(21,22)23)16(27-17(14)32-19)31-10-11-5-6-30-9-11/h3-4,7-8,11H,2,5-6,9-10H2,1H3,(H2,24,26,28,29). The average Bonchev–Trinajstić information content (AvgIpc) is 3.40. The van der Waals surface area contributed by atoms with Gasteiger partial charge >= 0.3 is 12.2 Å². The fourth-order valence-electron chi connectivity index (χ4n) is 3.15. The van der Waals surface area contributed by atoms with E-state index in [0.717, 1.165) is 18.7 Å². The van der Waals surface area contributed by atoms with E-state index in [1.807, 2.05) is 0 Å². The number of nitrogens with zero attached hydrogens (tertiary/aromatic N) is 3. The molecule has 32 heavy (non-hydrogen) atoms. The number of nitrogens with one attached hydrogen (secondary N) is 2. The molecule has 0 aliphatic carbocycles. The first-order valence-corrected chi connectivity index (χ1v) is 10.8. The number of ether oxygens (including phenoxy) is 2. The highest BCUT2D eigenvalue weighted by atomic mass is 32.1. The molecule has 1 aliphatic heterocycles. The number of urea groups is 1. The van der Waals surface area contributed by atoms with Crippen molar-refractivity contribution in [2.45, 2.75) is 19.5 Å². The van der Waals surface area contributed by atoms with Crippen LogP contribution in [0.3, 0.4) is 0 Å². The number of anilines is 1. The summed E-state index contributed by atoms with van der Waals surface area (Å²) in [4.78, 5) is 24.8. The monoisotopic (exact) mass is 467 g/mol. The van der Waals surface area contributed by atoms with Gasteiger partial charge in [0.05, 0.1) is 13.2 Å². The summed E-state index contributed by atoms with van der Waals surface area (Å²) < 4.78 is 50.0. The second kappa shape index (κ2) is 9.25. The molecule has 1 unspecified atom stereocenters. The fraction of sp³-hybridized carbons (Fsp3) is 0.400. The van der Waals surface area contributed by atoms with Crippen LogP contribution in [0.5, 0.6) is 5.88 Å². The van der Waals surface area contributed by atoms with Crippen LogP contribution >= 0.6 is 11.3 Å². The Labute approximate surface area is 185 Å². The van der Waals surface area contributed by atoms with Gasteiger partial charge in [-0.25, -0.2) is 14.8 Å². The third-order valence-corrected chi connectivity index (χ3v) is 5.63. The first-order chi connectivity index (χ1) is 15.3. The number of alkyl halides is 3. The van der Waals surface area contributed by atoms with Gasteiger partial charge in [-0.1, -0.05) is 17.4 Å². The van der Waals surface area contributed by atoms with Gasteiger partial charge in [0.1, 0.15) is 16.0 Å². The van der Waals surface area contributed by atoms with E-state index in [1.165, 1.54) is 17.4 Å². The van der Waals surface area contributed by atoms with Crippen molar-refractivity contribution in [3.05, 3.63) is 30.1 Å². The first-order valence-electron chi connectivity index (χ1n) is 9.94. The lowest BCUT2D eigenvalue weighted by atomic mass is 10.1. The van der Waals surface area contributed by atoms with Crippen LogP contribution in [0.25, 0.3) is 21.5 Å². The molecule has 2 amide bonds. The topological polar surface area (TPSA) is 98.3 Å². The number of carbonyl (C=O) groups excluding carboxylic acids is 1. The van der Waals surface area contributed by atoms with Crippen LogP contribution in [0, 0.1) is 5.92 Å². The molecule has 2 N–H and O–H groups in total. The van der Waals surface area contributed by atoms with Crippen LogP contribution < -0.4 is 15.4 Å². The molecule has 0 bridgehead atoms. The van der Waals surface area contributed by atoms with Gasteiger partial charge in [-0.05, 0) is 25.5 Å². The van der Waals surface area contributed by atoms with E-state index in [1.54, 1.807) is 13.0 Å². The molecule has 1 fully saturated rings. The van der Waals surface area contributed by atoms with Gasteiger partial charge in [-0.2, -0.15) is 13.2 Å². The smallest absolute Gasteiger partial charge is 0.433 e. The van der Waals surface area contributed by atoms with E-state index >= 15 is 0 Å². The molecular weight excluding hydrogens is 447 g/mol. The molecule has 0 saturated carbocycles. The molecule has 4 heterocycles. The second-order valence-corrected chi connectivity index (χ2v) is 8.12. The Balaban J connectivity index is 1.68. The Hall–Kier alpha value is -2.99. The number of pyridine rings is 2. The van der Waals surface area contributed by atoms with E-state index in [9.17, 15) is 18.0 Å². The number of hydrogen-bond donors (Lipinski definition) is 2. The highest BCUT2D eigenvalue weighted by Gasteiger charge is 2.32. The minimum absolute atomic E-state index is 0.211. The van der Waals surface area contributed by atoms with Gasteiger partial charge in [-0.15, -0.1) is 0 Å². The summed E-state index contributed by atoms with van der Waals surface area (Å²) in [7, 11) is 0. The molecule has 8 nitrogen and oxygen atoms in total. The molecule has 1 saturated heterocycles. The number of halogens is 3. The normalized spacial score (nSPS) is 16.3. The lowest BCUT2D eigenvalue weighted by molar-refractivity contribution is -0.141. The number of amides is 2. The Morgan fingerprint density at radius 2 is 2.19 bits per heavy atom. The van der Waals surface area contributed by atoms with Crippen molar-refractivity contribution >= 4 is 32.8 Å². The summed E-state index contributed by atoms with van der Waals surface area (Å²) in [5, 5.41) is 5.59. The number of rotatable bonds is 6. The third kappa shape index (κ3) is 5.07. The summed E-state index contributed by atoms with van der Waals surface area (Å²) in [6, 6.07) is 3.52. The van der Waals surface area contributed by atoms with Gasteiger partial charge in [-0.3, -0.25) is 10.3 Å². The minimum Gasteiger partial charge on any atom is -0.477 e. The van der Waals surface area contributed by atoms with Crippen molar-refractivity contribution in [3.8, 4) is 17.0 Å².